The fraction of sp³-hybridized carbons (Fsp3) is 0.500. The third kappa shape index (κ3) is 3.92. The Morgan fingerprint density at radius 2 is 1.97 bits per heavy atom. The van der Waals surface area contributed by atoms with E-state index in [2.05, 4.69) is 29.7 Å². The lowest BCUT2D eigenvalue weighted by Gasteiger charge is -2.37. The number of piperazine rings is 1. The van der Waals surface area contributed by atoms with Crippen LogP contribution in [0.1, 0.15) is 43.4 Å². The van der Waals surface area contributed by atoms with E-state index < -0.39 is 0 Å². The van der Waals surface area contributed by atoms with Gasteiger partial charge < -0.3 is 15.0 Å². The van der Waals surface area contributed by atoms with Crippen LogP contribution in [0.25, 0.3) is 11.6 Å². The van der Waals surface area contributed by atoms with Crippen LogP contribution in [0.3, 0.4) is 0 Å². The third-order valence-electron chi connectivity index (χ3n) is 6.34. The molecule has 2 aromatic heterocycles. The number of nitrogens with one attached hydrogen (secondary N) is 1. The fourth-order valence-corrected chi connectivity index (χ4v) is 4.69. The van der Waals surface area contributed by atoms with Crippen LogP contribution in [0, 0.1) is 5.92 Å². The second-order valence-corrected chi connectivity index (χ2v) is 8.32. The van der Waals surface area contributed by atoms with Crippen molar-refractivity contribution in [3.63, 3.8) is 0 Å². The van der Waals surface area contributed by atoms with Crippen LogP contribution in [0.15, 0.2) is 23.3 Å². The molecule has 0 aromatic carbocycles. The van der Waals surface area contributed by atoms with Crippen LogP contribution < -0.4 is 4.90 Å². The second-order valence-electron chi connectivity index (χ2n) is 8.32. The maximum atomic E-state index is 10.4. The predicted octanol–water partition coefficient (Wildman–Crippen LogP) is 3.47. The lowest BCUT2D eigenvalue weighted by molar-refractivity contribution is 0.191. The van der Waals surface area contributed by atoms with Gasteiger partial charge >= 0.3 is 0 Å². The van der Waals surface area contributed by atoms with Crippen molar-refractivity contribution in [3.05, 3.63) is 29.6 Å². The van der Waals surface area contributed by atoms with Gasteiger partial charge in [0, 0.05) is 56.3 Å². The largest absolute Gasteiger partial charge is 0.492 e. The summed E-state index contributed by atoms with van der Waals surface area (Å²) in [5, 5.41) is 10.4. The molecule has 0 bridgehead atoms. The molecule has 0 spiro atoms. The maximum absolute atomic E-state index is 10.4. The van der Waals surface area contributed by atoms with E-state index in [4.69, 9.17) is 0 Å². The normalized spacial score (nSPS) is 21.8. The molecule has 3 aliphatic rings. The summed E-state index contributed by atoms with van der Waals surface area (Å²) in [6.45, 7) is 5.22. The Labute approximate surface area is 171 Å². The molecule has 29 heavy (non-hydrogen) atoms. The number of aliphatic imine (C=N–C) groups is 1. The van der Waals surface area contributed by atoms with Crippen LogP contribution >= 0.6 is 0 Å². The highest BCUT2D eigenvalue weighted by molar-refractivity contribution is 6.20. The number of rotatable bonds is 4. The Morgan fingerprint density at radius 3 is 2.79 bits per heavy atom. The summed E-state index contributed by atoms with van der Waals surface area (Å²) in [4.78, 5) is 21.1. The summed E-state index contributed by atoms with van der Waals surface area (Å²) in [7, 11) is 0. The number of H-pyrrole nitrogens is 1. The van der Waals surface area contributed by atoms with Crippen LogP contribution in [0.4, 0.5) is 11.8 Å². The van der Waals surface area contributed by atoms with E-state index in [1.165, 1.54) is 38.6 Å². The molecule has 1 saturated carbocycles. The smallest absolute Gasteiger partial charge is 0.238 e. The monoisotopic (exact) mass is 392 g/mol. The first kappa shape index (κ1) is 18.4. The Balaban J connectivity index is 1.23. The van der Waals surface area contributed by atoms with Gasteiger partial charge in [0.1, 0.15) is 5.69 Å². The molecule has 2 N–H and O–H groups in total. The SMILES string of the molecule is Oc1nc(N2CCN(CC3CCCCC3)CC2)[nH]c1/C=C1\C=Nc2ncccc21. The molecule has 7 nitrogen and oxygen atoms in total. The Morgan fingerprint density at radius 1 is 1.14 bits per heavy atom. The zero-order valence-electron chi connectivity index (χ0n) is 16.7. The third-order valence-corrected chi connectivity index (χ3v) is 6.34. The van der Waals surface area contributed by atoms with Gasteiger partial charge in [0.15, 0.2) is 5.82 Å². The minimum absolute atomic E-state index is 0.0304. The molecule has 1 saturated heterocycles. The molecule has 5 rings (SSSR count). The molecule has 152 valence electrons. The first-order valence-electron chi connectivity index (χ1n) is 10.7. The molecule has 2 fully saturated rings. The van der Waals surface area contributed by atoms with Gasteiger partial charge in [-0.15, -0.1) is 0 Å². The van der Waals surface area contributed by atoms with Gasteiger partial charge in [-0.1, -0.05) is 19.3 Å². The van der Waals surface area contributed by atoms with Gasteiger partial charge in [0.25, 0.3) is 0 Å². The average Bonchev–Trinajstić information content (AvgIpc) is 3.33. The summed E-state index contributed by atoms with van der Waals surface area (Å²) >= 11 is 0. The van der Waals surface area contributed by atoms with Crippen molar-refractivity contribution in [1.29, 1.82) is 0 Å². The highest BCUT2D eigenvalue weighted by Gasteiger charge is 2.24. The number of nitrogens with zero attached hydrogens (tertiary/aromatic N) is 5. The molecule has 4 heterocycles. The van der Waals surface area contributed by atoms with E-state index >= 15 is 0 Å². The van der Waals surface area contributed by atoms with E-state index in [1.54, 1.807) is 12.4 Å². The maximum Gasteiger partial charge on any atom is 0.238 e. The van der Waals surface area contributed by atoms with Crippen LogP contribution in [-0.4, -0.2) is 63.9 Å². The number of pyridine rings is 1. The zero-order valence-corrected chi connectivity index (χ0v) is 16.7. The number of aromatic hydroxyl groups is 1. The Kier molecular flexibility index (Phi) is 5.06. The number of aromatic amines is 1. The average molecular weight is 393 g/mol. The van der Waals surface area contributed by atoms with Crippen molar-refractivity contribution >= 4 is 29.6 Å². The molecular formula is C22H28N6O. The van der Waals surface area contributed by atoms with Crippen molar-refractivity contribution in [2.75, 3.05) is 37.6 Å². The molecular weight excluding hydrogens is 364 g/mol. The van der Waals surface area contributed by atoms with Crippen molar-refractivity contribution in [1.82, 2.24) is 19.9 Å². The van der Waals surface area contributed by atoms with E-state index in [9.17, 15) is 5.11 Å². The summed E-state index contributed by atoms with van der Waals surface area (Å²) in [6, 6.07) is 3.88. The summed E-state index contributed by atoms with van der Waals surface area (Å²) < 4.78 is 0. The molecule has 1 aliphatic carbocycles. The molecule has 0 atom stereocenters. The van der Waals surface area contributed by atoms with Gasteiger partial charge in [0.2, 0.25) is 11.8 Å². The molecule has 0 unspecified atom stereocenters. The number of anilines is 1. The number of imidazole rings is 1. The number of hydrogen-bond donors (Lipinski definition) is 2. The minimum Gasteiger partial charge on any atom is -0.492 e. The molecule has 7 heteroatoms. The van der Waals surface area contributed by atoms with E-state index in [0.717, 1.165) is 49.2 Å². The lowest BCUT2D eigenvalue weighted by Crippen LogP contribution is -2.48. The number of fused-ring (bicyclic) bond motifs is 1. The Bertz CT molecular complexity index is 919. The number of hydrogen-bond acceptors (Lipinski definition) is 6. The first-order valence-corrected chi connectivity index (χ1v) is 10.7. The summed E-state index contributed by atoms with van der Waals surface area (Å²) in [6.07, 6.45) is 12.4. The van der Waals surface area contributed by atoms with Crippen molar-refractivity contribution in [3.8, 4) is 5.88 Å². The van der Waals surface area contributed by atoms with Crippen molar-refractivity contribution in [2.45, 2.75) is 32.1 Å². The van der Waals surface area contributed by atoms with Gasteiger partial charge in [0.05, 0.1) is 0 Å². The fourth-order valence-electron chi connectivity index (χ4n) is 4.69. The Hall–Kier alpha value is -2.67. The molecule has 0 radical (unpaired) electrons. The molecule has 0 amide bonds. The molecule has 2 aliphatic heterocycles. The summed E-state index contributed by atoms with van der Waals surface area (Å²) in [5.74, 6) is 2.37. The summed E-state index contributed by atoms with van der Waals surface area (Å²) in [5.41, 5.74) is 2.51. The van der Waals surface area contributed by atoms with Crippen molar-refractivity contribution < 1.29 is 5.11 Å². The van der Waals surface area contributed by atoms with Gasteiger partial charge in [-0.2, -0.15) is 4.98 Å². The molecule has 2 aromatic rings. The number of aromatic nitrogens is 3. The first-order chi connectivity index (χ1) is 14.3. The second kappa shape index (κ2) is 7.99. The minimum atomic E-state index is 0.0304. The highest BCUT2D eigenvalue weighted by Crippen LogP contribution is 2.32. The van der Waals surface area contributed by atoms with E-state index in [0.29, 0.717) is 11.5 Å². The quantitative estimate of drug-likeness (QED) is 0.833. The lowest BCUT2D eigenvalue weighted by atomic mass is 9.89. The topological polar surface area (TPSA) is 80.6 Å². The van der Waals surface area contributed by atoms with E-state index in [-0.39, 0.29) is 5.88 Å². The number of allylic oxidation sites excluding steroid dienone is 1. The van der Waals surface area contributed by atoms with Crippen molar-refractivity contribution in [2.24, 2.45) is 10.9 Å². The van der Waals surface area contributed by atoms with E-state index in [1.807, 2.05) is 18.2 Å². The predicted molar refractivity (Wildman–Crippen MR) is 116 cm³/mol. The van der Waals surface area contributed by atoms with Gasteiger partial charge in [-0.3, -0.25) is 4.90 Å². The van der Waals surface area contributed by atoms with Gasteiger partial charge in [-0.25, -0.2) is 9.98 Å². The van der Waals surface area contributed by atoms with Crippen LogP contribution in [-0.2, 0) is 0 Å². The zero-order chi connectivity index (χ0) is 19.6. The van der Waals surface area contributed by atoms with Crippen LogP contribution in [0.2, 0.25) is 0 Å². The standard InChI is InChI=1S/C22H28N6O/c29-21-19(13-17-14-24-20-18(17)7-4-8-23-20)25-22(26-21)28-11-9-27(10-12-28)15-16-5-2-1-3-6-16/h4,7-8,13-14,16,29H,1-3,5-6,9-12,15H2,(H,25,26)/b17-13+. The highest BCUT2D eigenvalue weighted by atomic mass is 16.3. The van der Waals surface area contributed by atoms with Crippen LogP contribution in [0.5, 0.6) is 5.88 Å². The van der Waals surface area contributed by atoms with Gasteiger partial charge in [-0.05, 0) is 37.0 Å².